The Morgan fingerprint density at radius 3 is 2.37 bits per heavy atom. The maximum atomic E-state index is 12.4. The number of ether oxygens (including phenoxy) is 5. The van der Waals surface area contributed by atoms with Crippen LogP contribution >= 0.6 is 0 Å². The quantitative estimate of drug-likeness (QED) is 0.154. The number of hydrogen-bond donors (Lipinski definition) is 3. The fourth-order valence-corrected chi connectivity index (χ4v) is 3.76. The molecule has 0 bridgehead atoms. The number of carbonyl (C=O) groups excluding carboxylic acids is 4. The van der Waals surface area contributed by atoms with Crippen molar-refractivity contribution in [1.29, 1.82) is 0 Å². The number of hydrogen-bond acceptors (Lipinski definition) is 10. The van der Waals surface area contributed by atoms with Crippen LogP contribution in [0.3, 0.4) is 0 Å². The smallest absolute Gasteiger partial charge is 0.338 e. The fourth-order valence-electron chi connectivity index (χ4n) is 3.76. The lowest BCUT2D eigenvalue weighted by molar-refractivity contribution is -0.120. The molecule has 3 amide bonds. The first-order valence-electron chi connectivity index (χ1n) is 13.3. The molecule has 3 N–H and O–H groups in total. The molecule has 0 atom stereocenters. The number of hydrazone groups is 1. The third kappa shape index (κ3) is 8.70. The lowest BCUT2D eigenvalue weighted by atomic mass is 10.2. The SMILES string of the molecule is CCOC(=O)c1ccc(NC(=O)COc2ccc(C=NNC(=O)CNC(=O)c3ccc4c(c3)OCO4)cc2OCC)cc1. The first kappa shape index (κ1) is 30.4. The molecule has 0 radical (unpaired) electrons. The zero-order valence-electron chi connectivity index (χ0n) is 23.5. The van der Waals surface area contributed by atoms with Gasteiger partial charge in [-0.15, -0.1) is 0 Å². The third-order valence-electron chi connectivity index (χ3n) is 5.75. The lowest BCUT2D eigenvalue weighted by Gasteiger charge is -2.13. The van der Waals surface area contributed by atoms with Gasteiger partial charge in [0.1, 0.15) is 0 Å². The van der Waals surface area contributed by atoms with Crippen molar-refractivity contribution >= 4 is 35.6 Å². The summed E-state index contributed by atoms with van der Waals surface area (Å²) in [5.41, 5.74) is 4.14. The maximum Gasteiger partial charge on any atom is 0.338 e. The number of fused-ring (bicyclic) bond motifs is 1. The molecule has 0 unspecified atom stereocenters. The fraction of sp³-hybridized carbons (Fsp3) is 0.233. The van der Waals surface area contributed by atoms with Crippen molar-refractivity contribution in [2.45, 2.75) is 13.8 Å². The van der Waals surface area contributed by atoms with Gasteiger partial charge in [0, 0.05) is 11.3 Å². The molecule has 1 aliphatic heterocycles. The molecule has 13 nitrogen and oxygen atoms in total. The average Bonchev–Trinajstić information content (AvgIpc) is 3.48. The van der Waals surface area contributed by atoms with E-state index in [1.165, 1.54) is 12.3 Å². The predicted octanol–water partition coefficient (Wildman–Crippen LogP) is 2.89. The van der Waals surface area contributed by atoms with Crippen LogP contribution in [0.25, 0.3) is 0 Å². The van der Waals surface area contributed by atoms with Gasteiger partial charge in [-0.05, 0) is 80.1 Å². The molecular formula is C30H30N4O9. The molecule has 3 aromatic rings. The van der Waals surface area contributed by atoms with E-state index in [-0.39, 0.29) is 26.6 Å². The van der Waals surface area contributed by atoms with Crippen LogP contribution in [0.15, 0.2) is 65.8 Å². The summed E-state index contributed by atoms with van der Waals surface area (Å²) in [6.07, 6.45) is 1.40. The lowest BCUT2D eigenvalue weighted by Crippen LogP contribution is -2.34. The highest BCUT2D eigenvalue weighted by molar-refractivity contribution is 5.97. The molecule has 0 saturated carbocycles. The molecule has 3 aromatic carbocycles. The van der Waals surface area contributed by atoms with E-state index in [0.717, 1.165) is 0 Å². The summed E-state index contributed by atoms with van der Waals surface area (Å²) in [7, 11) is 0. The number of nitrogens with zero attached hydrogens (tertiary/aromatic N) is 1. The number of anilines is 1. The van der Waals surface area contributed by atoms with Crippen LogP contribution in [-0.4, -0.2) is 63.1 Å². The molecule has 13 heteroatoms. The van der Waals surface area contributed by atoms with E-state index in [1.54, 1.807) is 68.4 Å². The second kappa shape index (κ2) is 14.9. The van der Waals surface area contributed by atoms with Gasteiger partial charge >= 0.3 is 5.97 Å². The highest BCUT2D eigenvalue weighted by atomic mass is 16.7. The van der Waals surface area contributed by atoms with Crippen LogP contribution in [0.2, 0.25) is 0 Å². The monoisotopic (exact) mass is 590 g/mol. The van der Waals surface area contributed by atoms with Gasteiger partial charge < -0.3 is 34.3 Å². The second-order valence-electron chi connectivity index (χ2n) is 8.82. The largest absolute Gasteiger partial charge is 0.490 e. The summed E-state index contributed by atoms with van der Waals surface area (Å²) in [6, 6.07) is 16.0. The van der Waals surface area contributed by atoms with Crippen LogP contribution in [0.5, 0.6) is 23.0 Å². The zero-order chi connectivity index (χ0) is 30.6. The Balaban J connectivity index is 1.24. The molecular weight excluding hydrogens is 560 g/mol. The third-order valence-corrected chi connectivity index (χ3v) is 5.75. The Morgan fingerprint density at radius 2 is 1.60 bits per heavy atom. The van der Waals surface area contributed by atoms with Crippen molar-refractivity contribution in [3.63, 3.8) is 0 Å². The zero-order valence-corrected chi connectivity index (χ0v) is 23.5. The van der Waals surface area contributed by atoms with Crippen molar-refractivity contribution in [2.75, 3.05) is 38.5 Å². The van der Waals surface area contributed by atoms with Gasteiger partial charge in [0.05, 0.1) is 31.5 Å². The summed E-state index contributed by atoms with van der Waals surface area (Å²) in [4.78, 5) is 48.6. The molecule has 0 fully saturated rings. The van der Waals surface area contributed by atoms with Crippen LogP contribution in [-0.2, 0) is 14.3 Å². The van der Waals surface area contributed by atoms with E-state index in [2.05, 4.69) is 21.2 Å². The minimum Gasteiger partial charge on any atom is -0.490 e. The molecule has 1 heterocycles. The van der Waals surface area contributed by atoms with Gasteiger partial charge in [-0.25, -0.2) is 10.2 Å². The number of carbonyl (C=O) groups is 4. The number of esters is 1. The van der Waals surface area contributed by atoms with Gasteiger partial charge in [0.25, 0.3) is 17.7 Å². The van der Waals surface area contributed by atoms with Gasteiger partial charge in [-0.1, -0.05) is 0 Å². The highest BCUT2D eigenvalue weighted by Gasteiger charge is 2.17. The number of rotatable bonds is 13. The molecule has 0 saturated heterocycles. The first-order chi connectivity index (χ1) is 20.9. The standard InChI is InChI=1S/C30H30N4O9/c1-3-39-25-13-19(15-32-34-27(35)16-31-29(37)21-8-12-24-26(14-21)43-18-42-24)5-11-23(25)41-17-28(36)33-22-9-6-20(7-10-22)30(38)40-4-2/h5-15H,3-4,16-18H2,1-2H3,(H,31,37)(H,33,36)(H,34,35). The summed E-state index contributed by atoms with van der Waals surface area (Å²) < 4.78 is 26.7. The summed E-state index contributed by atoms with van der Waals surface area (Å²) in [5, 5.41) is 9.12. The highest BCUT2D eigenvalue weighted by Crippen LogP contribution is 2.32. The van der Waals surface area contributed by atoms with Gasteiger partial charge in [-0.3, -0.25) is 14.4 Å². The summed E-state index contributed by atoms with van der Waals surface area (Å²) in [5.74, 6) is -0.102. The van der Waals surface area contributed by atoms with Crippen molar-refractivity contribution in [3.8, 4) is 23.0 Å². The van der Waals surface area contributed by atoms with Gasteiger partial charge in [-0.2, -0.15) is 5.10 Å². The molecule has 43 heavy (non-hydrogen) atoms. The van der Waals surface area contributed by atoms with E-state index in [0.29, 0.717) is 52.0 Å². The Morgan fingerprint density at radius 1 is 0.837 bits per heavy atom. The predicted molar refractivity (Wildman–Crippen MR) is 155 cm³/mol. The minimum absolute atomic E-state index is 0.0943. The number of nitrogens with one attached hydrogen (secondary N) is 3. The van der Waals surface area contributed by atoms with Crippen molar-refractivity contribution in [3.05, 3.63) is 77.4 Å². The Bertz CT molecular complexity index is 1510. The van der Waals surface area contributed by atoms with Gasteiger partial charge in [0.2, 0.25) is 6.79 Å². The van der Waals surface area contributed by atoms with E-state index < -0.39 is 23.7 Å². The molecule has 1 aliphatic rings. The van der Waals surface area contributed by atoms with E-state index in [1.807, 2.05) is 0 Å². The Hall–Kier alpha value is -5.59. The van der Waals surface area contributed by atoms with E-state index in [4.69, 9.17) is 23.7 Å². The minimum atomic E-state index is -0.531. The molecule has 0 aromatic heterocycles. The number of benzene rings is 3. The Kier molecular flexibility index (Phi) is 10.5. The average molecular weight is 591 g/mol. The van der Waals surface area contributed by atoms with Crippen molar-refractivity contribution in [1.82, 2.24) is 10.7 Å². The first-order valence-corrected chi connectivity index (χ1v) is 13.3. The second-order valence-corrected chi connectivity index (χ2v) is 8.82. The molecule has 4 rings (SSSR count). The van der Waals surface area contributed by atoms with Gasteiger partial charge in [0.15, 0.2) is 29.6 Å². The maximum absolute atomic E-state index is 12.4. The Labute approximate surface area is 247 Å². The summed E-state index contributed by atoms with van der Waals surface area (Å²) in [6.45, 7) is 3.65. The molecule has 0 spiro atoms. The molecule has 224 valence electrons. The van der Waals surface area contributed by atoms with Crippen LogP contribution < -0.4 is 35.0 Å². The number of amides is 3. The molecule has 0 aliphatic carbocycles. The van der Waals surface area contributed by atoms with Crippen molar-refractivity contribution in [2.24, 2.45) is 5.10 Å². The summed E-state index contributed by atoms with van der Waals surface area (Å²) >= 11 is 0. The topological polar surface area (TPSA) is 163 Å². The van der Waals surface area contributed by atoms with Crippen LogP contribution in [0.4, 0.5) is 5.69 Å². The van der Waals surface area contributed by atoms with Crippen LogP contribution in [0.1, 0.15) is 40.1 Å². The van der Waals surface area contributed by atoms with Crippen LogP contribution in [0, 0.1) is 0 Å². The van der Waals surface area contributed by atoms with Crippen molar-refractivity contribution < 1.29 is 42.9 Å². The normalized spacial score (nSPS) is 11.5. The van der Waals surface area contributed by atoms with E-state index in [9.17, 15) is 19.2 Å². The van der Waals surface area contributed by atoms with E-state index >= 15 is 0 Å².